The lowest BCUT2D eigenvalue weighted by Crippen LogP contribution is -2.10. The van der Waals surface area contributed by atoms with Gasteiger partial charge in [-0.15, -0.1) is 0 Å². The highest BCUT2D eigenvalue weighted by Crippen LogP contribution is 2.34. The van der Waals surface area contributed by atoms with E-state index in [0.29, 0.717) is 24.1 Å². The van der Waals surface area contributed by atoms with Gasteiger partial charge in [-0.1, -0.05) is 0 Å². The molecule has 0 spiro atoms. The molecule has 1 aliphatic rings. The first-order valence-electron chi connectivity index (χ1n) is 5.25. The topological polar surface area (TPSA) is 80.0 Å². The first kappa shape index (κ1) is 11.9. The molecule has 2 rings (SSSR count). The Morgan fingerprint density at radius 2 is 2.29 bits per heavy atom. The van der Waals surface area contributed by atoms with Crippen LogP contribution in [0.1, 0.15) is 29.3 Å². The molecule has 1 atom stereocenters. The molecule has 5 nitrogen and oxygen atoms in total. The Morgan fingerprint density at radius 1 is 1.53 bits per heavy atom. The molecule has 2 heterocycles. The standard InChI is InChI=1S/C11H12N2O3S/c1-16-11-8(7-12)4-5-9(13-11)10-3-2-6-17(10,14)15/h4-5,10H,2-3,6H2,1H3. The van der Waals surface area contributed by atoms with Crippen LogP contribution in [0.25, 0.3) is 0 Å². The summed E-state index contributed by atoms with van der Waals surface area (Å²) < 4.78 is 28.5. The van der Waals surface area contributed by atoms with E-state index < -0.39 is 15.1 Å². The average Bonchev–Trinajstić information content (AvgIpc) is 2.68. The summed E-state index contributed by atoms with van der Waals surface area (Å²) in [6.07, 6.45) is 1.25. The summed E-state index contributed by atoms with van der Waals surface area (Å²) in [6, 6.07) is 5.09. The van der Waals surface area contributed by atoms with Crippen molar-refractivity contribution in [1.82, 2.24) is 4.98 Å². The van der Waals surface area contributed by atoms with Crippen LogP contribution < -0.4 is 4.74 Å². The van der Waals surface area contributed by atoms with Gasteiger partial charge < -0.3 is 4.74 Å². The Balaban J connectivity index is 2.45. The molecule has 0 saturated carbocycles. The number of aromatic nitrogens is 1. The second-order valence-corrected chi connectivity index (χ2v) is 6.21. The maximum absolute atomic E-state index is 11.8. The number of hydrogen-bond acceptors (Lipinski definition) is 5. The summed E-state index contributed by atoms with van der Waals surface area (Å²) >= 11 is 0. The maximum atomic E-state index is 11.8. The third kappa shape index (κ3) is 2.11. The van der Waals surface area contributed by atoms with E-state index in [1.165, 1.54) is 7.11 Å². The number of ether oxygens (including phenoxy) is 1. The molecule has 0 radical (unpaired) electrons. The van der Waals surface area contributed by atoms with Crippen LogP contribution >= 0.6 is 0 Å². The molecule has 17 heavy (non-hydrogen) atoms. The Bertz CT molecular complexity index is 575. The molecular weight excluding hydrogens is 240 g/mol. The summed E-state index contributed by atoms with van der Waals surface area (Å²) in [5, 5.41) is 8.27. The zero-order valence-electron chi connectivity index (χ0n) is 9.38. The molecular formula is C11H12N2O3S. The lowest BCUT2D eigenvalue weighted by Gasteiger charge is -2.10. The predicted octanol–water partition coefficient (Wildman–Crippen LogP) is 1.21. The van der Waals surface area contributed by atoms with Crippen molar-refractivity contribution in [3.8, 4) is 11.9 Å². The predicted molar refractivity (Wildman–Crippen MR) is 61.3 cm³/mol. The van der Waals surface area contributed by atoms with Gasteiger partial charge >= 0.3 is 0 Å². The summed E-state index contributed by atoms with van der Waals surface area (Å²) in [5.74, 6) is 0.397. The maximum Gasteiger partial charge on any atom is 0.231 e. The van der Waals surface area contributed by atoms with E-state index in [9.17, 15) is 8.42 Å². The minimum atomic E-state index is -3.09. The van der Waals surface area contributed by atoms with Crippen molar-refractivity contribution in [1.29, 1.82) is 5.26 Å². The van der Waals surface area contributed by atoms with E-state index >= 15 is 0 Å². The second kappa shape index (κ2) is 4.34. The monoisotopic (exact) mass is 252 g/mol. The van der Waals surface area contributed by atoms with Crippen LogP contribution in [0.15, 0.2) is 12.1 Å². The molecule has 0 N–H and O–H groups in total. The Labute approximate surface area is 100.0 Å². The van der Waals surface area contributed by atoms with Gasteiger partial charge in [-0.05, 0) is 25.0 Å². The molecule has 1 aliphatic heterocycles. The van der Waals surface area contributed by atoms with E-state index in [1.54, 1.807) is 12.1 Å². The fourth-order valence-electron chi connectivity index (χ4n) is 2.00. The molecule has 1 unspecified atom stereocenters. The lowest BCUT2D eigenvalue weighted by molar-refractivity contribution is 0.394. The summed E-state index contributed by atoms with van der Waals surface area (Å²) in [7, 11) is -1.67. The van der Waals surface area contributed by atoms with Gasteiger partial charge in [0.1, 0.15) is 16.9 Å². The van der Waals surface area contributed by atoms with Crippen LogP contribution in [0.3, 0.4) is 0 Å². The Hall–Kier alpha value is -1.61. The van der Waals surface area contributed by atoms with E-state index in [0.717, 1.165) is 0 Å². The number of nitriles is 1. The molecule has 0 bridgehead atoms. The summed E-state index contributed by atoms with van der Waals surface area (Å²) in [6.45, 7) is 0. The van der Waals surface area contributed by atoms with Crippen molar-refractivity contribution in [2.45, 2.75) is 18.1 Å². The fourth-order valence-corrected chi connectivity index (χ4v) is 3.88. The molecule has 1 aromatic rings. The van der Waals surface area contributed by atoms with Crippen LogP contribution in [0.5, 0.6) is 5.88 Å². The van der Waals surface area contributed by atoms with Gasteiger partial charge in [0.05, 0.1) is 18.6 Å². The molecule has 1 aromatic heterocycles. The molecule has 1 saturated heterocycles. The second-order valence-electron chi connectivity index (χ2n) is 3.90. The highest BCUT2D eigenvalue weighted by molar-refractivity contribution is 7.91. The van der Waals surface area contributed by atoms with Crippen molar-refractivity contribution in [2.75, 3.05) is 12.9 Å². The van der Waals surface area contributed by atoms with Gasteiger partial charge in [0, 0.05) is 0 Å². The zero-order chi connectivity index (χ0) is 12.5. The van der Waals surface area contributed by atoms with Gasteiger partial charge in [0.2, 0.25) is 5.88 Å². The number of pyridine rings is 1. The van der Waals surface area contributed by atoms with Gasteiger partial charge in [-0.2, -0.15) is 5.26 Å². The highest BCUT2D eigenvalue weighted by atomic mass is 32.2. The van der Waals surface area contributed by atoms with Crippen molar-refractivity contribution in [2.24, 2.45) is 0 Å². The van der Waals surface area contributed by atoms with Crippen molar-refractivity contribution in [3.05, 3.63) is 23.4 Å². The number of sulfone groups is 1. The first-order valence-corrected chi connectivity index (χ1v) is 6.96. The van der Waals surface area contributed by atoms with Gasteiger partial charge in [-0.3, -0.25) is 0 Å². The highest BCUT2D eigenvalue weighted by Gasteiger charge is 2.34. The molecule has 0 aromatic carbocycles. The van der Waals surface area contributed by atoms with Crippen molar-refractivity contribution < 1.29 is 13.2 Å². The summed E-state index contributed by atoms with van der Waals surface area (Å²) in [4.78, 5) is 4.12. The van der Waals surface area contributed by atoms with E-state index in [-0.39, 0.29) is 11.6 Å². The van der Waals surface area contributed by atoms with Crippen LogP contribution in [0.2, 0.25) is 0 Å². The number of methoxy groups -OCH3 is 1. The Morgan fingerprint density at radius 3 is 2.82 bits per heavy atom. The van der Waals surface area contributed by atoms with E-state index in [4.69, 9.17) is 10.00 Å². The molecule has 6 heteroatoms. The first-order chi connectivity index (χ1) is 8.08. The average molecular weight is 252 g/mol. The quantitative estimate of drug-likeness (QED) is 0.790. The minimum Gasteiger partial charge on any atom is -0.480 e. The smallest absolute Gasteiger partial charge is 0.231 e. The molecule has 1 fully saturated rings. The van der Waals surface area contributed by atoms with Crippen molar-refractivity contribution in [3.63, 3.8) is 0 Å². The fraction of sp³-hybridized carbons (Fsp3) is 0.455. The normalized spacial score (nSPS) is 22.0. The van der Waals surface area contributed by atoms with E-state index in [1.807, 2.05) is 6.07 Å². The van der Waals surface area contributed by atoms with Crippen LogP contribution in [0, 0.1) is 11.3 Å². The molecule has 0 aliphatic carbocycles. The third-order valence-electron chi connectivity index (χ3n) is 2.85. The lowest BCUT2D eigenvalue weighted by atomic mass is 10.1. The largest absolute Gasteiger partial charge is 0.480 e. The van der Waals surface area contributed by atoms with Crippen LogP contribution in [-0.2, 0) is 9.84 Å². The molecule has 90 valence electrons. The minimum absolute atomic E-state index is 0.187. The van der Waals surface area contributed by atoms with Gasteiger partial charge in [0.15, 0.2) is 9.84 Å². The zero-order valence-corrected chi connectivity index (χ0v) is 10.2. The Kier molecular flexibility index (Phi) is 3.03. The third-order valence-corrected chi connectivity index (χ3v) is 5.06. The van der Waals surface area contributed by atoms with Gasteiger partial charge in [0.25, 0.3) is 0 Å². The number of hydrogen-bond donors (Lipinski definition) is 0. The van der Waals surface area contributed by atoms with E-state index in [2.05, 4.69) is 4.98 Å². The van der Waals surface area contributed by atoms with Gasteiger partial charge in [-0.25, -0.2) is 13.4 Å². The van der Waals surface area contributed by atoms with Crippen LogP contribution in [0.4, 0.5) is 0 Å². The number of nitrogens with zero attached hydrogens (tertiary/aromatic N) is 2. The molecule has 0 amide bonds. The van der Waals surface area contributed by atoms with Crippen molar-refractivity contribution >= 4 is 9.84 Å². The SMILES string of the molecule is COc1nc(C2CCCS2(=O)=O)ccc1C#N. The summed E-state index contributed by atoms with van der Waals surface area (Å²) in [5.41, 5.74) is 0.782. The van der Waals surface area contributed by atoms with Crippen LogP contribution in [-0.4, -0.2) is 26.3 Å². The number of rotatable bonds is 2.